The molecular weight excluding hydrogens is 149 g/mol. The summed E-state index contributed by atoms with van der Waals surface area (Å²) in [6.45, 7) is 2.75. The number of nitrogens with zero attached hydrogens (tertiary/aromatic N) is 1. The van der Waals surface area contributed by atoms with E-state index in [-0.39, 0.29) is 7.05 Å². The van der Waals surface area contributed by atoms with Gasteiger partial charge < -0.3 is 9.83 Å². The smallest absolute Gasteiger partial charge is 0.409 e. The third kappa shape index (κ3) is 1.10. The van der Waals surface area contributed by atoms with Crippen molar-refractivity contribution in [3.05, 3.63) is 29.8 Å². The first kappa shape index (κ1) is 7.68. The Morgan fingerprint density at radius 3 is 2.92 bits per heavy atom. The first-order valence-electron chi connectivity index (χ1n) is 4.31. The SMILES string of the molecule is CB(O)N1CCc2ccccc21. The third-order valence-corrected chi connectivity index (χ3v) is 2.37. The zero-order valence-electron chi connectivity index (χ0n) is 7.20. The molecule has 1 aliphatic heterocycles. The summed E-state index contributed by atoms with van der Waals surface area (Å²) in [6.07, 6.45) is 1.06. The van der Waals surface area contributed by atoms with E-state index < -0.39 is 0 Å². The van der Waals surface area contributed by atoms with Crippen molar-refractivity contribution in [1.29, 1.82) is 0 Å². The Morgan fingerprint density at radius 1 is 1.42 bits per heavy atom. The molecule has 1 aliphatic rings. The van der Waals surface area contributed by atoms with Crippen molar-refractivity contribution in [3.8, 4) is 0 Å². The first-order valence-corrected chi connectivity index (χ1v) is 4.31. The number of hydrogen-bond acceptors (Lipinski definition) is 2. The fraction of sp³-hybridized carbons (Fsp3) is 0.333. The van der Waals surface area contributed by atoms with Gasteiger partial charge in [0.2, 0.25) is 0 Å². The molecule has 1 heterocycles. The number of fused-ring (bicyclic) bond motifs is 1. The molecule has 62 valence electrons. The van der Waals surface area contributed by atoms with Crippen molar-refractivity contribution in [1.82, 2.24) is 0 Å². The maximum atomic E-state index is 9.42. The van der Waals surface area contributed by atoms with Gasteiger partial charge in [-0.15, -0.1) is 0 Å². The lowest BCUT2D eigenvalue weighted by Crippen LogP contribution is -2.35. The minimum atomic E-state index is -0.367. The van der Waals surface area contributed by atoms with Crippen molar-refractivity contribution in [3.63, 3.8) is 0 Å². The van der Waals surface area contributed by atoms with E-state index in [1.54, 1.807) is 0 Å². The van der Waals surface area contributed by atoms with Gasteiger partial charge in [0.1, 0.15) is 0 Å². The summed E-state index contributed by atoms with van der Waals surface area (Å²) in [6, 6.07) is 8.25. The summed E-state index contributed by atoms with van der Waals surface area (Å²) in [7, 11) is -0.367. The molecule has 2 nitrogen and oxygen atoms in total. The Labute approximate surface area is 73.0 Å². The second-order valence-corrected chi connectivity index (χ2v) is 3.20. The molecule has 1 N–H and O–H groups in total. The average Bonchev–Trinajstić information content (AvgIpc) is 2.47. The predicted octanol–water partition coefficient (Wildman–Crippen LogP) is 1.16. The zero-order valence-corrected chi connectivity index (χ0v) is 7.20. The van der Waals surface area contributed by atoms with Gasteiger partial charge in [-0.3, -0.25) is 0 Å². The van der Waals surface area contributed by atoms with Crippen LogP contribution in [-0.2, 0) is 6.42 Å². The Morgan fingerprint density at radius 2 is 2.17 bits per heavy atom. The van der Waals surface area contributed by atoms with E-state index in [2.05, 4.69) is 12.1 Å². The van der Waals surface area contributed by atoms with Crippen LogP contribution >= 0.6 is 0 Å². The van der Waals surface area contributed by atoms with Crippen LogP contribution in [0.2, 0.25) is 6.82 Å². The van der Waals surface area contributed by atoms with Crippen LogP contribution in [0.1, 0.15) is 5.56 Å². The third-order valence-electron chi connectivity index (χ3n) is 2.37. The van der Waals surface area contributed by atoms with E-state index in [9.17, 15) is 5.02 Å². The molecule has 0 amide bonds. The van der Waals surface area contributed by atoms with Crippen LogP contribution in [0.3, 0.4) is 0 Å². The number of benzene rings is 1. The van der Waals surface area contributed by atoms with E-state index in [0.717, 1.165) is 13.0 Å². The highest BCUT2D eigenvalue weighted by atomic mass is 16.2. The second kappa shape index (κ2) is 2.83. The number of rotatable bonds is 1. The van der Waals surface area contributed by atoms with E-state index in [0.29, 0.717) is 0 Å². The molecule has 0 spiro atoms. The Bertz CT molecular complexity index is 288. The van der Waals surface area contributed by atoms with Crippen LogP contribution in [0.5, 0.6) is 0 Å². The highest BCUT2D eigenvalue weighted by molar-refractivity contribution is 6.54. The van der Waals surface area contributed by atoms with Crippen molar-refractivity contribution >= 4 is 12.7 Å². The van der Waals surface area contributed by atoms with E-state index in [4.69, 9.17) is 0 Å². The molecule has 0 saturated heterocycles. The van der Waals surface area contributed by atoms with Gasteiger partial charge in [0.15, 0.2) is 0 Å². The molecule has 3 heteroatoms. The van der Waals surface area contributed by atoms with E-state index >= 15 is 0 Å². The molecule has 0 saturated carbocycles. The normalized spacial score (nSPS) is 14.7. The van der Waals surface area contributed by atoms with Crippen LogP contribution < -0.4 is 4.81 Å². The van der Waals surface area contributed by atoms with Gasteiger partial charge in [-0.25, -0.2) is 0 Å². The lowest BCUT2D eigenvalue weighted by molar-refractivity contribution is 0.572. The van der Waals surface area contributed by atoms with Gasteiger partial charge in [0.25, 0.3) is 0 Å². The van der Waals surface area contributed by atoms with Gasteiger partial charge in [0, 0.05) is 12.2 Å². The van der Waals surface area contributed by atoms with Gasteiger partial charge in [-0.2, -0.15) is 0 Å². The van der Waals surface area contributed by atoms with Crippen LogP contribution in [0, 0.1) is 0 Å². The molecular formula is C9H12BNO. The molecule has 0 atom stereocenters. The van der Waals surface area contributed by atoms with Crippen molar-refractivity contribution < 1.29 is 5.02 Å². The van der Waals surface area contributed by atoms with Gasteiger partial charge >= 0.3 is 7.05 Å². The Kier molecular flexibility index (Phi) is 1.81. The summed E-state index contributed by atoms with van der Waals surface area (Å²) >= 11 is 0. The largest absolute Gasteiger partial charge is 0.432 e. The Balaban J connectivity index is 2.36. The monoisotopic (exact) mass is 161 g/mol. The maximum Gasteiger partial charge on any atom is 0.409 e. The summed E-state index contributed by atoms with van der Waals surface area (Å²) in [5.41, 5.74) is 2.53. The summed E-state index contributed by atoms with van der Waals surface area (Å²) < 4.78 is 0. The fourth-order valence-electron chi connectivity index (χ4n) is 1.75. The quantitative estimate of drug-likeness (QED) is 0.624. The van der Waals surface area contributed by atoms with E-state index in [1.807, 2.05) is 23.8 Å². The standard InChI is InChI=1S/C9H12BNO/c1-10(12)11-7-6-8-4-2-3-5-9(8)11/h2-5,12H,6-7H2,1H3. The lowest BCUT2D eigenvalue weighted by Gasteiger charge is -2.19. The highest BCUT2D eigenvalue weighted by Crippen LogP contribution is 2.27. The molecule has 0 aromatic heterocycles. The number of anilines is 1. The van der Waals surface area contributed by atoms with Crippen molar-refractivity contribution in [2.45, 2.75) is 13.2 Å². The number of para-hydroxylation sites is 1. The molecule has 1 aromatic carbocycles. The molecule has 0 radical (unpaired) electrons. The maximum absolute atomic E-state index is 9.42. The lowest BCUT2D eigenvalue weighted by atomic mass is 9.85. The van der Waals surface area contributed by atoms with Crippen LogP contribution in [-0.4, -0.2) is 18.6 Å². The number of hydrogen-bond donors (Lipinski definition) is 1. The molecule has 1 aromatic rings. The van der Waals surface area contributed by atoms with Crippen LogP contribution in [0.4, 0.5) is 5.69 Å². The predicted molar refractivity (Wildman–Crippen MR) is 51.3 cm³/mol. The molecule has 0 aliphatic carbocycles. The van der Waals surface area contributed by atoms with Crippen molar-refractivity contribution in [2.24, 2.45) is 0 Å². The minimum absolute atomic E-state index is 0.367. The topological polar surface area (TPSA) is 23.5 Å². The van der Waals surface area contributed by atoms with Gasteiger partial charge in [-0.05, 0) is 24.9 Å². The Hall–Kier alpha value is -0.955. The van der Waals surface area contributed by atoms with Gasteiger partial charge in [0.05, 0.1) is 0 Å². The molecule has 0 bridgehead atoms. The zero-order chi connectivity index (χ0) is 8.55. The molecule has 2 rings (SSSR count). The average molecular weight is 161 g/mol. The molecule has 12 heavy (non-hydrogen) atoms. The minimum Gasteiger partial charge on any atom is -0.432 e. The highest BCUT2D eigenvalue weighted by Gasteiger charge is 2.23. The van der Waals surface area contributed by atoms with Crippen LogP contribution in [0.15, 0.2) is 24.3 Å². The van der Waals surface area contributed by atoms with Crippen LogP contribution in [0.25, 0.3) is 0 Å². The van der Waals surface area contributed by atoms with E-state index in [1.165, 1.54) is 11.3 Å². The summed E-state index contributed by atoms with van der Waals surface area (Å²) in [4.78, 5) is 2.02. The molecule has 0 fully saturated rings. The first-order chi connectivity index (χ1) is 5.79. The summed E-state index contributed by atoms with van der Waals surface area (Å²) in [5.74, 6) is 0. The van der Waals surface area contributed by atoms with Gasteiger partial charge in [-0.1, -0.05) is 18.2 Å². The van der Waals surface area contributed by atoms with Crippen molar-refractivity contribution in [2.75, 3.05) is 11.4 Å². The second-order valence-electron chi connectivity index (χ2n) is 3.20. The summed E-state index contributed by atoms with van der Waals surface area (Å²) in [5, 5.41) is 9.42. The molecule has 0 unspecified atom stereocenters. The fourth-order valence-corrected chi connectivity index (χ4v) is 1.75.